The van der Waals surface area contributed by atoms with Crippen LogP contribution in [0.15, 0.2) is 0 Å². The van der Waals surface area contributed by atoms with Crippen molar-refractivity contribution in [3.8, 4) is 0 Å². The van der Waals surface area contributed by atoms with E-state index in [0.717, 1.165) is 31.6 Å². The summed E-state index contributed by atoms with van der Waals surface area (Å²) < 4.78 is 0. The monoisotopic (exact) mass is 213 g/mol. The molecule has 0 rings (SSSR count). The highest BCUT2D eigenvalue weighted by atomic mass is 16.1. The molecule has 0 aliphatic rings. The van der Waals surface area contributed by atoms with Crippen LogP contribution >= 0.6 is 0 Å². The van der Waals surface area contributed by atoms with E-state index in [2.05, 4.69) is 20.8 Å². The van der Waals surface area contributed by atoms with Crippen molar-refractivity contribution in [3.63, 3.8) is 0 Å². The molecule has 0 heterocycles. The van der Waals surface area contributed by atoms with Crippen LogP contribution < -0.4 is 5.73 Å². The van der Waals surface area contributed by atoms with Gasteiger partial charge >= 0.3 is 0 Å². The zero-order valence-electron chi connectivity index (χ0n) is 10.6. The summed E-state index contributed by atoms with van der Waals surface area (Å²) >= 11 is 0. The number of unbranched alkanes of at least 4 members (excludes halogenated alkanes) is 2. The average Bonchev–Trinajstić information content (AvgIpc) is 2.15. The molecule has 0 aromatic heterocycles. The number of hydrogen-bond acceptors (Lipinski definition) is 1. The Morgan fingerprint density at radius 2 is 1.67 bits per heavy atom. The van der Waals surface area contributed by atoms with Gasteiger partial charge in [0.05, 0.1) is 0 Å². The van der Waals surface area contributed by atoms with Crippen molar-refractivity contribution < 1.29 is 4.79 Å². The van der Waals surface area contributed by atoms with Crippen LogP contribution in [-0.2, 0) is 4.79 Å². The summed E-state index contributed by atoms with van der Waals surface area (Å²) in [6.07, 6.45) is 7.98. The molecular formula is C13H27NO. The van der Waals surface area contributed by atoms with Gasteiger partial charge < -0.3 is 5.73 Å². The van der Waals surface area contributed by atoms with Crippen molar-refractivity contribution in [2.45, 2.75) is 65.7 Å². The smallest absolute Gasteiger partial charge is 0.220 e. The lowest BCUT2D eigenvalue weighted by Gasteiger charge is -2.11. The highest BCUT2D eigenvalue weighted by molar-refractivity contribution is 5.76. The number of hydrogen-bond donors (Lipinski definition) is 1. The third-order valence-electron chi connectivity index (χ3n) is 2.87. The van der Waals surface area contributed by atoms with E-state index in [4.69, 9.17) is 5.73 Å². The molecule has 0 radical (unpaired) electrons. The average molecular weight is 213 g/mol. The Hall–Kier alpha value is -0.530. The summed E-state index contributed by atoms with van der Waals surface area (Å²) in [6, 6.07) is 0. The van der Waals surface area contributed by atoms with Crippen molar-refractivity contribution in [2.75, 3.05) is 0 Å². The van der Waals surface area contributed by atoms with E-state index < -0.39 is 0 Å². The minimum atomic E-state index is -0.110. The minimum absolute atomic E-state index is 0.110. The molecule has 1 amide bonds. The second-order valence-electron chi connectivity index (χ2n) is 4.92. The molecule has 15 heavy (non-hydrogen) atoms. The van der Waals surface area contributed by atoms with Gasteiger partial charge in [0.25, 0.3) is 0 Å². The van der Waals surface area contributed by atoms with E-state index >= 15 is 0 Å². The number of amides is 1. The first-order chi connectivity index (χ1) is 7.07. The number of primary amides is 1. The predicted octanol–water partition coefficient (Wildman–Crippen LogP) is 3.49. The van der Waals surface area contributed by atoms with E-state index in [1.165, 1.54) is 19.3 Å². The lowest BCUT2D eigenvalue weighted by atomic mass is 9.95. The number of nitrogens with two attached hydrogens (primary N) is 1. The third kappa shape index (κ3) is 8.46. The molecule has 0 aromatic carbocycles. The van der Waals surface area contributed by atoms with Crippen LogP contribution in [0.1, 0.15) is 65.7 Å². The summed E-state index contributed by atoms with van der Waals surface area (Å²) in [5.74, 6) is 0.808. The van der Waals surface area contributed by atoms with Crippen LogP contribution in [0.4, 0.5) is 0 Å². The van der Waals surface area contributed by atoms with Crippen LogP contribution in [0.3, 0.4) is 0 Å². The highest BCUT2D eigenvalue weighted by Crippen LogP contribution is 2.16. The van der Waals surface area contributed by atoms with Crippen LogP contribution in [0, 0.1) is 11.8 Å². The molecule has 2 heteroatoms. The third-order valence-corrected chi connectivity index (χ3v) is 2.87. The fraction of sp³-hybridized carbons (Fsp3) is 0.923. The molecule has 0 bridgehead atoms. The summed E-state index contributed by atoms with van der Waals surface area (Å²) in [7, 11) is 0. The summed E-state index contributed by atoms with van der Waals surface area (Å²) in [6.45, 7) is 6.61. The Balaban J connectivity index is 3.49. The number of carbonyl (C=O) groups excluding carboxylic acids is 1. The van der Waals surface area contributed by atoms with Gasteiger partial charge in [0.15, 0.2) is 0 Å². The maximum atomic E-state index is 11.1. The van der Waals surface area contributed by atoms with Crippen molar-refractivity contribution in [3.05, 3.63) is 0 Å². The largest absolute Gasteiger partial charge is 0.369 e. The molecule has 0 aromatic rings. The Labute approximate surface area is 94.6 Å². The molecule has 2 nitrogen and oxygen atoms in total. The molecule has 0 aliphatic heterocycles. The Morgan fingerprint density at radius 1 is 1.07 bits per heavy atom. The first-order valence-corrected chi connectivity index (χ1v) is 6.37. The van der Waals surface area contributed by atoms with E-state index in [9.17, 15) is 4.79 Å². The van der Waals surface area contributed by atoms with E-state index in [1.807, 2.05) is 0 Å². The van der Waals surface area contributed by atoms with Gasteiger partial charge in [0.1, 0.15) is 0 Å². The maximum Gasteiger partial charge on any atom is 0.220 e. The number of rotatable bonds is 9. The van der Waals surface area contributed by atoms with Gasteiger partial charge in [0.2, 0.25) is 5.91 Å². The molecule has 0 saturated carbocycles. The van der Waals surface area contributed by atoms with Crippen molar-refractivity contribution >= 4 is 5.91 Å². The van der Waals surface area contributed by atoms with E-state index in [-0.39, 0.29) is 11.8 Å². The van der Waals surface area contributed by atoms with E-state index in [0.29, 0.717) is 0 Å². The van der Waals surface area contributed by atoms with Crippen LogP contribution in [0.5, 0.6) is 0 Å². The standard InChI is InChI=1S/C13H27NO/c1-4-8-12(13(14)15)10-7-5-6-9-11(2)3/h11-12H,4-10H2,1-3H3,(H2,14,15). The lowest BCUT2D eigenvalue weighted by Crippen LogP contribution is -2.23. The SMILES string of the molecule is CCCC(CCCCCC(C)C)C(N)=O. The van der Waals surface area contributed by atoms with Crippen molar-refractivity contribution in [2.24, 2.45) is 17.6 Å². The maximum absolute atomic E-state index is 11.1. The van der Waals surface area contributed by atoms with E-state index in [1.54, 1.807) is 0 Å². The minimum Gasteiger partial charge on any atom is -0.369 e. The Bertz CT molecular complexity index is 166. The first-order valence-electron chi connectivity index (χ1n) is 6.37. The zero-order valence-corrected chi connectivity index (χ0v) is 10.6. The first kappa shape index (κ1) is 14.5. The van der Waals surface area contributed by atoms with Gasteiger partial charge in [0, 0.05) is 5.92 Å². The van der Waals surface area contributed by atoms with Crippen LogP contribution in [-0.4, -0.2) is 5.91 Å². The van der Waals surface area contributed by atoms with Crippen molar-refractivity contribution in [1.82, 2.24) is 0 Å². The highest BCUT2D eigenvalue weighted by Gasteiger charge is 2.13. The molecule has 1 unspecified atom stereocenters. The molecule has 0 spiro atoms. The molecular weight excluding hydrogens is 186 g/mol. The second kappa shape index (κ2) is 8.75. The van der Waals surface area contributed by atoms with Crippen molar-refractivity contribution in [1.29, 1.82) is 0 Å². The van der Waals surface area contributed by atoms with Crippen LogP contribution in [0.25, 0.3) is 0 Å². The molecule has 0 aliphatic carbocycles. The number of carbonyl (C=O) groups is 1. The second-order valence-corrected chi connectivity index (χ2v) is 4.92. The van der Waals surface area contributed by atoms with Gasteiger partial charge in [-0.05, 0) is 18.8 Å². The molecule has 0 saturated heterocycles. The summed E-state index contributed by atoms with van der Waals surface area (Å²) in [5.41, 5.74) is 5.35. The van der Waals surface area contributed by atoms with Gasteiger partial charge in [-0.15, -0.1) is 0 Å². The van der Waals surface area contributed by atoms with Gasteiger partial charge in [-0.3, -0.25) is 4.79 Å². The van der Waals surface area contributed by atoms with Crippen LogP contribution in [0.2, 0.25) is 0 Å². The predicted molar refractivity (Wildman–Crippen MR) is 65.5 cm³/mol. The molecule has 1 atom stereocenters. The van der Waals surface area contributed by atoms with Gasteiger partial charge in [-0.25, -0.2) is 0 Å². The van der Waals surface area contributed by atoms with Gasteiger partial charge in [-0.1, -0.05) is 52.9 Å². The normalized spacial score (nSPS) is 13.1. The fourth-order valence-electron chi connectivity index (χ4n) is 1.90. The molecule has 0 fully saturated rings. The fourth-order valence-corrected chi connectivity index (χ4v) is 1.90. The molecule has 90 valence electrons. The topological polar surface area (TPSA) is 43.1 Å². The quantitative estimate of drug-likeness (QED) is 0.585. The molecule has 2 N–H and O–H groups in total. The zero-order chi connectivity index (χ0) is 11.7. The summed E-state index contributed by atoms with van der Waals surface area (Å²) in [5, 5.41) is 0. The lowest BCUT2D eigenvalue weighted by molar-refractivity contribution is -0.122. The Morgan fingerprint density at radius 3 is 2.13 bits per heavy atom. The Kier molecular flexibility index (Phi) is 8.44. The summed E-state index contributed by atoms with van der Waals surface area (Å²) in [4.78, 5) is 11.1. The van der Waals surface area contributed by atoms with Gasteiger partial charge in [-0.2, -0.15) is 0 Å².